The molecule has 4 nitrogen and oxygen atoms in total. The van der Waals surface area contributed by atoms with Gasteiger partial charge in [-0.05, 0) is 23.7 Å². The van der Waals surface area contributed by atoms with E-state index in [1.54, 1.807) is 35.1 Å². The quantitative estimate of drug-likeness (QED) is 0.529. The zero-order chi connectivity index (χ0) is 8.55. The highest BCUT2D eigenvalue weighted by Crippen LogP contribution is 1.98. The van der Waals surface area contributed by atoms with Crippen LogP contribution in [0.4, 0.5) is 0 Å². The molecule has 5 heteroatoms. The summed E-state index contributed by atoms with van der Waals surface area (Å²) in [5.74, 6) is 0. The second-order valence-electron chi connectivity index (χ2n) is 2.53. The molecule has 0 bridgehead atoms. The fourth-order valence-electron chi connectivity index (χ4n) is 1.10. The molecule has 2 aromatic rings. The van der Waals surface area contributed by atoms with Gasteiger partial charge >= 0.3 is 7.12 Å². The molecule has 2 N–H and O–H groups in total. The molecule has 0 saturated carbocycles. The molecule has 0 saturated heterocycles. The maximum atomic E-state index is 8.85. The van der Waals surface area contributed by atoms with Gasteiger partial charge in [-0.15, -0.1) is 0 Å². The number of aromatic nitrogens is 2. The first kappa shape index (κ1) is 7.33. The van der Waals surface area contributed by atoms with Gasteiger partial charge in [0.05, 0.1) is 5.52 Å². The van der Waals surface area contributed by atoms with Crippen LogP contribution in [0.5, 0.6) is 0 Å². The molecule has 0 spiro atoms. The second kappa shape index (κ2) is 2.62. The standard InChI is InChI=1S/C7H7BN2O2/c11-8(12)6-2-4-10-7(5-6)1-3-9-10/h1-5,11-12H. The highest BCUT2D eigenvalue weighted by Gasteiger charge is 2.10. The van der Waals surface area contributed by atoms with Crippen LogP contribution in [0.3, 0.4) is 0 Å². The predicted octanol–water partition coefficient (Wildman–Crippen LogP) is -0.986. The average molecular weight is 162 g/mol. The number of fused-ring (bicyclic) bond motifs is 1. The van der Waals surface area contributed by atoms with Crippen molar-refractivity contribution < 1.29 is 10.0 Å². The van der Waals surface area contributed by atoms with Crippen LogP contribution in [0.15, 0.2) is 30.6 Å². The van der Waals surface area contributed by atoms with Crippen molar-refractivity contribution in [2.45, 2.75) is 0 Å². The van der Waals surface area contributed by atoms with E-state index in [2.05, 4.69) is 5.10 Å². The summed E-state index contributed by atoms with van der Waals surface area (Å²) in [5.41, 5.74) is 1.32. The molecular weight excluding hydrogens is 155 g/mol. The van der Waals surface area contributed by atoms with Gasteiger partial charge in [-0.25, -0.2) is 4.52 Å². The summed E-state index contributed by atoms with van der Waals surface area (Å²) < 4.78 is 1.66. The van der Waals surface area contributed by atoms with E-state index in [-0.39, 0.29) is 0 Å². The number of hydrogen-bond acceptors (Lipinski definition) is 3. The van der Waals surface area contributed by atoms with Gasteiger partial charge in [0.15, 0.2) is 0 Å². The molecule has 0 fully saturated rings. The summed E-state index contributed by atoms with van der Waals surface area (Å²) in [4.78, 5) is 0. The van der Waals surface area contributed by atoms with E-state index in [0.717, 1.165) is 5.52 Å². The summed E-state index contributed by atoms with van der Waals surface area (Å²) in [5, 5.41) is 21.7. The Morgan fingerprint density at radius 1 is 1.33 bits per heavy atom. The minimum Gasteiger partial charge on any atom is -0.423 e. The maximum Gasteiger partial charge on any atom is 0.488 e. The molecule has 0 amide bonds. The molecule has 2 heterocycles. The molecule has 12 heavy (non-hydrogen) atoms. The predicted molar refractivity (Wildman–Crippen MR) is 45.0 cm³/mol. The van der Waals surface area contributed by atoms with Crippen molar-refractivity contribution in [3.05, 3.63) is 30.6 Å². The van der Waals surface area contributed by atoms with Crippen LogP contribution >= 0.6 is 0 Å². The zero-order valence-electron chi connectivity index (χ0n) is 6.25. The normalized spacial score (nSPS) is 10.5. The Morgan fingerprint density at radius 2 is 2.17 bits per heavy atom. The second-order valence-corrected chi connectivity index (χ2v) is 2.53. The largest absolute Gasteiger partial charge is 0.488 e. The Balaban J connectivity index is 2.60. The first-order valence-corrected chi connectivity index (χ1v) is 3.57. The molecule has 0 aliphatic rings. The lowest BCUT2D eigenvalue weighted by Crippen LogP contribution is -2.29. The lowest BCUT2D eigenvalue weighted by atomic mass is 9.81. The fraction of sp³-hybridized carbons (Fsp3) is 0. The van der Waals surface area contributed by atoms with Crippen LogP contribution in [-0.2, 0) is 0 Å². The van der Waals surface area contributed by atoms with E-state index >= 15 is 0 Å². The Labute approximate surface area is 69.2 Å². The molecule has 0 unspecified atom stereocenters. The Bertz CT molecular complexity index is 399. The molecule has 0 radical (unpaired) electrons. The van der Waals surface area contributed by atoms with Crippen molar-refractivity contribution in [3.63, 3.8) is 0 Å². The van der Waals surface area contributed by atoms with Gasteiger partial charge in [-0.3, -0.25) is 0 Å². The zero-order valence-corrected chi connectivity index (χ0v) is 6.25. The first-order valence-electron chi connectivity index (χ1n) is 3.57. The van der Waals surface area contributed by atoms with Crippen LogP contribution in [0.25, 0.3) is 5.52 Å². The highest BCUT2D eigenvalue weighted by atomic mass is 16.4. The first-order chi connectivity index (χ1) is 5.77. The third kappa shape index (κ3) is 1.09. The van der Waals surface area contributed by atoms with Gasteiger partial charge < -0.3 is 10.0 Å². The Morgan fingerprint density at radius 3 is 2.92 bits per heavy atom. The van der Waals surface area contributed by atoms with Gasteiger partial charge in [0, 0.05) is 12.4 Å². The van der Waals surface area contributed by atoms with E-state index in [0.29, 0.717) is 5.46 Å². The van der Waals surface area contributed by atoms with E-state index in [4.69, 9.17) is 10.0 Å². The molecule has 2 rings (SSSR count). The van der Waals surface area contributed by atoms with Gasteiger partial charge in [0.25, 0.3) is 0 Å². The highest BCUT2D eigenvalue weighted by molar-refractivity contribution is 6.58. The molecule has 0 aromatic carbocycles. The molecule has 0 aliphatic heterocycles. The van der Waals surface area contributed by atoms with Crippen molar-refractivity contribution in [3.8, 4) is 0 Å². The van der Waals surface area contributed by atoms with E-state index in [1.807, 2.05) is 0 Å². The van der Waals surface area contributed by atoms with Crippen LogP contribution in [-0.4, -0.2) is 26.8 Å². The van der Waals surface area contributed by atoms with Crippen molar-refractivity contribution >= 4 is 18.1 Å². The molecule has 60 valence electrons. The summed E-state index contributed by atoms with van der Waals surface area (Å²) in [6.07, 6.45) is 3.34. The van der Waals surface area contributed by atoms with E-state index in [1.165, 1.54) is 0 Å². The Hall–Kier alpha value is -1.33. The lowest BCUT2D eigenvalue weighted by Gasteiger charge is -1.98. The summed E-state index contributed by atoms with van der Waals surface area (Å²) >= 11 is 0. The number of hydrogen-bond donors (Lipinski definition) is 2. The molecule has 2 aromatic heterocycles. The van der Waals surface area contributed by atoms with Gasteiger partial charge in [0.2, 0.25) is 0 Å². The van der Waals surface area contributed by atoms with Crippen molar-refractivity contribution in [1.82, 2.24) is 9.61 Å². The third-order valence-electron chi connectivity index (χ3n) is 1.72. The Kier molecular flexibility index (Phi) is 1.60. The van der Waals surface area contributed by atoms with Gasteiger partial charge in [-0.2, -0.15) is 5.10 Å². The van der Waals surface area contributed by atoms with E-state index < -0.39 is 7.12 Å². The van der Waals surface area contributed by atoms with Crippen molar-refractivity contribution in [1.29, 1.82) is 0 Å². The fourth-order valence-corrected chi connectivity index (χ4v) is 1.10. The number of rotatable bonds is 1. The van der Waals surface area contributed by atoms with Crippen LogP contribution in [0.2, 0.25) is 0 Å². The minimum atomic E-state index is -1.41. The van der Waals surface area contributed by atoms with Gasteiger partial charge in [0.1, 0.15) is 0 Å². The van der Waals surface area contributed by atoms with Crippen LogP contribution in [0.1, 0.15) is 0 Å². The number of nitrogens with zero attached hydrogens (tertiary/aromatic N) is 2. The van der Waals surface area contributed by atoms with E-state index in [9.17, 15) is 0 Å². The van der Waals surface area contributed by atoms with Crippen LogP contribution in [0, 0.1) is 0 Å². The average Bonchev–Trinajstić information content (AvgIpc) is 2.49. The van der Waals surface area contributed by atoms with Gasteiger partial charge in [-0.1, -0.05) is 0 Å². The summed E-state index contributed by atoms with van der Waals surface area (Å²) in [6.45, 7) is 0. The third-order valence-corrected chi connectivity index (χ3v) is 1.72. The molecule has 0 aliphatic carbocycles. The minimum absolute atomic E-state index is 0.475. The smallest absolute Gasteiger partial charge is 0.423 e. The molecule has 0 atom stereocenters. The topological polar surface area (TPSA) is 57.8 Å². The van der Waals surface area contributed by atoms with Crippen molar-refractivity contribution in [2.24, 2.45) is 0 Å². The SMILES string of the molecule is OB(O)c1ccn2nccc2c1. The van der Waals surface area contributed by atoms with Crippen molar-refractivity contribution in [2.75, 3.05) is 0 Å². The van der Waals surface area contributed by atoms with Crippen LogP contribution < -0.4 is 5.46 Å². The summed E-state index contributed by atoms with van der Waals surface area (Å²) in [6, 6.07) is 5.09. The lowest BCUT2D eigenvalue weighted by molar-refractivity contribution is 0.426. The molecular formula is C7H7BN2O2. The summed E-state index contributed by atoms with van der Waals surface area (Å²) in [7, 11) is -1.41. The number of pyridine rings is 1. The maximum absolute atomic E-state index is 8.85. The monoisotopic (exact) mass is 162 g/mol.